The predicted molar refractivity (Wildman–Crippen MR) is 48.9 cm³/mol. The molecule has 72 valence electrons. The molecule has 1 atom stereocenters. The zero-order chi connectivity index (χ0) is 8.97. The van der Waals surface area contributed by atoms with E-state index in [0.717, 1.165) is 0 Å². The van der Waals surface area contributed by atoms with Crippen LogP contribution in [-0.4, -0.2) is 44.6 Å². The fraction of sp³-hybridized carbons (Fsp3) is 0.333. The van der Waals surface area contributed by atoms with Crippen LogP contribution >= 0.6 is 0 Å². The largest absolute Gasteiger partial charge is 0.358 e. The zero-order valence-corrected chi connectivity index (χ0v) is 6.23. The van der Waals surface area contributed by atoms with E-state index in [0.29, 0.717) is 5.69 Å². The van der Waals surface area contributed by atoms with Crippen LogP contribution in [0.4, 0.5) is 0 Å². The summed E-state index contributed by atoms with van der Waals surface area (Å²) < 4.78 is 0. The Bertz CT molecular complexity index is 252. The van der Waals surface area contributed by atoms with E-state index < -0.39 is 12.0 Å². The number of hydrogen-bond acceptors (Lipinski definition) is 5. The van der Waals surface area contributed by atoms with Crippen molar-refractivity contribution in [3.05, 3.63) is 18.2 Å². The van der Waals surface area contributed by atoms with E-state index in [-0.39, 0.29) is 23.8 Å². The van der Waals surface area contributed by atoms with E-state index >= 15 is 0 Å². The molecule has 0 unspecified atom stereocenters. The standard InChI is InChI=1S/C6H9N3O3.Al.3H/c7-5(6(10)12-11)1-4-2-8-3-9-4;;;;/h2-3,5,11H,1,7H2,(H,8,9);;;;/t5-;;;;/m0..../s1. The monoisotopic (exact) mass is 201 g/mol. The first-order chi connectivity index (χ1) is 5.74. The highest BCUT2D eigenvalue weighted by Crippen LogP contribution is 1.96. The number of nitrogens with one attached hydrogen (secondary N) is 1. The molecule has 0 aliphatic carbocycles. The molecule has 0 radical (unpaired) electrons. The van der Waals surface area contributed by atoms with Crippen LogP contribution < -0.4 is 5.73 Å². The molecule has 13 heavy (non-hydrogen) atoms. The number of rotatable bonds is 3. The highest BCUT2D eigenvalue weighted by atomic mass is 27.0. The molecule has 0 aliphatic rings. The quantitative estimate of drug-likeness (QED) is 0.301. The summed E-state index contributed by atoms with van der Waals surface area (Å²) in [6.07, 6.45) is 3.29. The number of imidazole rings is 1. The van der Waals surface area contributed by atoms with Gasteiger partial charge in [-0.1, -0.05) is 0 Å². The molecule has 0 aliphatic heterocycles. The second-order valence-electron chi connectivity index (χ2n) is 2.30. The second kappa shape index (κ2) is 5.72. The number of hydrogen-bond donors (Lipinski definition) is 3. The van der Waals surface area contributed by atoms with Crippen molar-refractivity contribution in [2.75, 3.05) is 0 Å². The Morgan fingerprint density at radius 2 is 2.54 bits per heavy atom. The van der Waals surface area contributed by atoms with Crippen molar-refractivity contribution in [2.45, 2.75) is 12.5 Å². The average Bonchev–Trinajstić information content (AvgIpc) is 2.55. The van der Waals surface area contributed by atoms with Crippen LogP contribution in [0.1, 0.15) is 5.69 Å². The number of H-pyrrole nitrogens is 1. The van der Waals surface area contributed by atoms with Crippen molar-refractivity contribution in [3.8, 4) is 0 Å². The van der Waals surface area contributed by atoms with Crippen molar-refractivity contribution in [1.82, 2.24) is 9.97 Å². The molecule has 0 saturated carbocycles. The van der Waals surface area contributed by atoms with Crippen molar-refractivity contribution in [1.29, 1.82) is 0 Å². The lowest BCUT2D eigenvalue weighted by Crippen LogP contribution is -2.33. The lowest BCUT2D eigenvalue weighted by molar-refractivity contribution is -0.235. The van der Waals surface area contributed by atoms with Crippen molar-refractivity contribution in [3.63, 3.8) is 0 Å². The van der Waals surface area contributed by atoms with Gasteiger partial charge in [-0.2, -0.15) is 5.26 Å². The average molecular weight is 201 g/mol. The second-order valence-corrected chi connectivity index (χ2v) is 2.30. The Hall–Kier alpha value is -0.868. The highest BCUT2D eigenvalue weighted by Gasteiger charge is 2.15. The number of nitrogens with two attached hydrogens (primary N) is 1. The zero-order valence-electron chi connectivity index (χ0n) is 6.23. The van der Waals surface area contributed by atoms with Crippen LogP contribution in [0, 0.1) is 0 Å². The van der Waals surface area contributed by atoms with Gasteiger partial charge in [0.1, 0.15) is 6.04 Å². The molecule has 1 aromatic heterocycles. The van der Waals surface area contributed by atoms with E-state index in [9.17, 15) is 4.79 Å². The third-order valence-corrected chi connectivity index (χ3v) is 1.39. The Kier molecular flexibility index (Phi) is 5.34. The summed E-state index contributed by atoms with van der Waals surface area (Å²) in [4.78, 5) is 20.6. The van der Waals surface area contributed by atoms with Crippen molar-refractivity contribution in [2.24, 2.45) is 5.73 Å². The van der Waals surface area contributed by atoms with E-state index in [1.807, 2.05) is 0 Å². The van der Waals surface area contributed by atoms with Gasteiger partial charge in [0.25, 0.3) is 0 Å². The third-order valence-electron chi connectivity index (χ3n) is 1.39. The Morgan fingerprint density at radius 1 is 1.85 bits per heavy atom. The molecular weight excluding hydrogens is 189 g/mol. The van der Waals surface area contributed by atoms with Gasteiger partial charge in [0.2, 0.25) is 0 Å². The van der Waals surface area contributed by atoms with Gasteiger partial charge in [-0.15, -0.1) is 0 Å². The maximum absolute atomic E-state index is 10.6. The van der Waals surface area contributed by atoms with Gasteiger partial charge >= 0.3 is 5.97 Å². The van der Waals surface area contributed by atoms with Crippen LogP contribution in [0.25, 0.3) is 0 Å². The molecular formula is C6H12AlN3O3. The molecule has 0 spiro atoms. The van der Waals surface area contributed by atoms with Crippen molar-refractivity contribution >= 4 is 23.3 Å². The molecule has 0 bridgehead atoms. The molecule has 0 saturated heterocycles. The highest BCUT2D eigenvalue weighted by molar-refractivity contribution is 5.75. The molecule has 6 nitrogen and oxygen atoms in total. The fourth-order valence-corrected chi connectivity index (χ4v) is 0.784. The van der Waals surface area contributed by atoms with Gasteiger partial charge in [-0.25, -0.2) is 9.78 Å². The predicted octanol–water partition coefficient (Wildman–Crippen LogP) is -1.89. The first-order valence-corrected chi connectivity index (χ1v) is 3.32. The SMILES string of the molecule is N[C@@H](Cc1cnc[nH]1)C(=O)OO.[AlH3]. The number of carbonyl (C=O) groups is 1. The smallest absolute Gasteiger partial charge is 0.348 e. The molecule has 0 fully saturated rings. The summed E-state index contributed by atoms with van der Waals surface area (Å²) in [5.74, 6) is -0.857. The summed E-state index contributed by atoms with van der Waals surface area (Å²) in [6, 6.07) is -0.865. The van der Waals surface area contributed by atoms with Gasteiger partial charge in [-0.05, 0) is 0 Å². The van der Waals surface area contributed by atoms with Gasteiger partial charge < -0.3 is 10.7 Å². The summed E-state index contributed by atoms with van der Waals surface area (Å²) in [5.41, 5.74) is 6.05. The van der Waals surface area contributed by atoms with Crippen LogP contribution in [0.3, 0.4) is 0 Å². The summed E-state index contributed by atoms with van der Waals surface area (Å²) in [7, 11) is 0. The summed E-state index contributed by atoms with van der Waals surface area (Å²) in [6.45, 7) is 0. The Morgan fingerprint density at radius 3 is 3.00 bits per heavy atom. The van der Waals surface area contributed by atoms with Crippen LogP contribution in [0.5, 0.6) is 0 Å². The topological polar surface area (TPSA) is 101 Å². The molecule has 0 aromatic carbocycles. The molecule has 4 N–H and O–H groups in total. The molecule has 1 aromatic rings. The van der Waals surface area contributed by atoms with Crippen molar-refractivity contribution < 1.29 is 14.9 Å². The lowest BCUT2D eigenvalue weighted by atomic mass is 10.2. The number of carbonyl (C=O) groups excluding carboxylic acids is 1. The minimum Gasteiger partial charge on any atom is -0.348 e. The number of aromatic nitrogens is 2. The summed E-state index contributed by atoms with van der Waals surface area (Å²) in [5, 5.41) is 7.98. The van der Waals surface area contributed by atoms with Gasteiger partial charge in [0, 0.05) is 18.3 Å². The third kappa shape index (κ3) is 3.57. The van der Waals surface area contributed by atoms with Gasteiger partial charge in [0.15, 0.2) is 17.4 Å². The Balaban J connectivity index is 0.00000144. The normalized spacial score (nSPS) is 11.5. The maximum Gasteiger partial charge on any atom is 0.358 e. The van der Waals surface area contributed by atoms with E-state index in [1.165, 1.54) is 6.33 Å². The lowest BCUT2D eigenvalue weighted by Gasteiger charge is -2.04. The fourth-order valence-electron chi connectivity index (χ4n) is 0.784. The van der Waals surface area contributed by atoms with Gasteiger partial charge in [-0.3, -0.25) is 4.89 Å². The minimum atomic E-state index is -0.865. The number of nitrogens with zero attached hydrogens (tertiary/aromatic N) is 1. The first-order valence-electron chi connectivity index (χ1n) is 3.32. The first kappa shape index (κ1) is 12.1. The Labute approximate surface area is 85.2 Å². The van der Waals surface area contributed by atoms with Gasteiger partial charge in [0.05, 0.1) is 6.33 Å². The van der Waals surface area contributed by atoms with Crippen LogP contribution in [0.15, 0.2) is 12.5 Å². The van der Waals surface area contributed by atoms with E-state index in [4.69, 9.17) is 11.0 Å². The van der Waals surface area contributed by atoms with Crippen LogP contribution in [-0.2, 0) is 16.1 Å². The summed E-state index contributed by atoms with van der Waals surface area (Å²) >= 11 is 0. The van der Waals surface area contributed by atoms with Crippen LogP contribution in [0.2, 0.25) is 0 Å². The molecule has 7 heteroatoms. The molecule has 1 heterocycles. The maximum atomic E-state index is 10.6. The molecule has 1 rings (SSSR count). The molecule has 0 amide bonds. The minimum absolute atomic E-state index is 0. The number of aromatic amines is 1. The van der Waals surface area contributed by atoms with E-state index in [1.54, 1.807) is 6.20 Å². The van der Waals surface area contributed by atoms with E-state index in [2.05, 4.69) is 14.9 Å².